The first-order valence-corrected chi connectivity index (χ1v) is 5.63. The molecular weight excluding hydrogens is 237 g/mol. The molecule has 1 aromatic heterocycles. The van der Waals surface area contributed by atoms with Crippen LogP contribution in [0.15, 0.2) is 24.3 Å². The summed E-state index contributed by atoms with van der Waals surface area (Å²) in [5.41, 5.74) is 0.996. The third kappa shape index (κ3) is 3.31. The summed E-state index contributed by atoms with van der Waals surface area (Å²) in [7, 11) is 1.64. The average Bonchev–Trinajstić information content (AvgIpc) is 2.78. The van der Waals surface area contributed by atoms with Crippen LogP contribution < -0.4 is 5.32 Å². The summed E-state index contributed by atoms with van der Waals surface area (Å²) in [6.45, 7) is 1.10. The van der Waals surface area contributed by atoms with Crippen LogP contribution in [0.25, 0.3) is 0 Å². The normalized spacial score (nSPS) is 12.6. The monoisotopic (exact) mass is 252 g/mol. The standard InChI is InChI=1S/C11H14FN5O/c1-17-15-11(14-16-17)10(18)7-13-6-8-2-4-9(12)5-3-8/h2-5,10,13,18H,6-7H2,1H3/p+1/t10-/m0/s1. The molecule has 0 aliphatic rings. The molecule has 1 heterocycles. The Bertz CT molecular complexity index is 498. The second-order valence-corrected chi connectivity index (χ2v) is 4.01. The van der Waals surface area contributed by atoms with Crippen molar-refractivity contribution in [2.45, 2.75) is 12.6 Å². The molecule has 0 bridgehead atoms. The Morgan fingerprint density at radius 1 is 1.39 bits per heavy atom. The molecule has 18 heavy (non-hydrogen) atoms. The first kappa shape index (κ1) is 12.6. The Balaban J connectivity index is 1.80. The Kier molecular flexibility index (Phi) is 3.96. The minimum absolute atomic E-state index is 0.248. The number of hydrogen-bond acceptors (Lipinski definition) is 4. The maximum Gasteiger partial charge on any atom is 0.208 e. The molecule has 0 spiro atoms. The highest BCUT2D eigenvalue weighted by Crippen LogP contribution is 2.02. The van der Waals surface area contributed by atoms with Gasteiger partial charge in [0.25, 0.3) is 0 Å². The molecule has 0 radical (unpaired) electrons. The zero-order valence-electron chi connectivity index (χ0n) is 9.99. The van der Waals surface area contributed by atoms with Crippen molar-refractivity contribution in [2.75, 3.05) is 6.54 Å². The predicted molar refractivity (Wildman–Crippen MR) is 60.7 cm³/mol. The zero-order chi connectivity index (χ0) is 13.0. The highest BCUT2D eigenvalue weighted by molar-refractivity contribution is 5.14. The Labute approximate surface area is 103 Å². The number of benzene rings is 1. The molecular formula is C11H15FN5O+. The topological polar surface area (TPSA) is 80.4 Å². The molecule has 2 aromatic rings. The molecule has 1 atom stereocenters. The molecule has 0 aliphatic carbocycles. The van der Waals surface area contributed by atoms with E-state index in [0.29, 0.717) is 18.9 Å². The summed E-state index contributed by atoms with van der Waals surface area (Å²) in [4.78, 5) is 1.30. The van der Waals surface area contributed by atoms with Crippen molar-refractivity contribution in [1.82, 2.24) is 20.2 Å². The SMILES string of the molecule is Cn1nnc([C@@H](O)C[NH2+]Cc2ccc(F)cc2)n1. The Hall–Kier alpha value is -1.86. The number of aliphatic hydroxyl groups excluding tert-OH is 1. The van der Waals surface area contributed by atoms with E-state index in [2.05, 4.69) is 15.4 Å². The number of nitrogens with two attached hydrogens (primary N) is 1. The van der Waals surface area contributed by atoms with Gasteiger partial charge < -0.3 is 10.4 Å². The van der Waals surface area contributed by atoms with Crippen LogP contribution in [-0.4, -0.2) is 31.9 Å². The van der Waals surface area contributed by atoms with Crippen molar-refractivity contribution in [3.63, 3.8) is 0 Å². The molecule has 0 fully saturated rings. The Morgan fingerprint density at radius 3 is 2.72 bits per heavy atom. The van der Waals surface area contributed by atoms with Gasteiger partial charge in [-0.2, -0.15) is 4.80 Å². The van der Waals surface area contributed by atoms with E-state index in [0.717, 1.165) is 5.56 Å². The minimum Gasteiger partial charge on any atom is -0.379 e. The molecule has 3 N–H and O–H groups in total. The quantitative estimate of drug-likeness (QED) is 0.726. The number of halogens is 1. The highest BCUT2D eigenvalue weighted by Gasteiger charge is 2.14. The van der Waals surface area contributed by atoms with Gasteiger partial charge in [-0.1, -0.05) is 12.1 Å². The third-order valence-corrected chi connectivity index (χ3v) is 2.51. The fraction of sp³-hybridized carbons (Fsp3) is 0.364. The fourth-order valence-corrected chi connectivity index (χ4v) is 1.57. The molecule has 2 rings (SSSR count). The number of aryl methyl sites for hydroxylation is 1. The van der Waals surface area contributed by atoms with Crippen molar-refractivity contribution in [1.29, 1.82) is 0 Å². The van der Waals surface area contributed by atoms with Crippen LogP contribution in [0.1, 0.15) is 17.5 Å². The summed E-state index contributed by atoms with van der Waals surface area (Å²) in [6, 6.07) is 6.28. The van der Waals surface area contributed by atoms with Gasteiger partial charge in [-0.25, -0.2) is 4.39 Å². The van der Waals surface area contributed by atoms with Gasteiger partial charge in [0.2, 0.25) is 5.82 Å². The maximum absolute atomic E-state index is 12.7. The zero-order valence-corrected chi connectivity index (χ0v) is 9.99. The molecule has 96 valence electrons. The second kappa shape index (κ2) is 5.65. The van der Waals surface area contributed by atoms with E-state index in [1.54, 1.807) is 19.2 Å². The first-order chi connectivity index (χ1) is 8.65. The molecule has 7 heteroatoms. The molecule has 0 saturated heterocycles. The van der Waals surface area contributed by atoms with E-state index < -0.39 is 6.10 Å². The number of hydrogen-bond donors (Lipinski definition) is 2. The summed E-state index contributed by atoms with van der Waals surface area (Å²) in [5.74, 6) is 0.0652. The number of nitrogens with zero attached hydrogens (tertiary/aromatic N) is 4. The van der Waals surface area contributed by atoms with Crippen LogP contribution in [0.3, 0.4) is 0 Å². The number of quaternary nitrogens is 1. The summed E-state index contributed by atoms with van der Waals surface area (Å²) in [6.07, 6.45) is -0.751. The average molecular weight is 252 g/mol. The van der Waals surface area contributed by atoms with E-state index >= 15 is 0 Å². The van der Waals surface area contributed by atoms with Crippen LogP contribution in [0.5, 0.6) is 0 Å². The van der Waals surface area contributed by atoms with Gasteiger partial charge in [-0.05, 0) is 17.3 Å². The van der Waals surface area contributed by atoms with E-state index in [1.807, 2.05) is 5.32 Å². The Morgan fingerprint density at radius 2 is 2.11 bits per heavy atom. The maximum atomic E-state index is 12.7. The molecule has 1 aromatic carbocycles. The number of tetrazole rings is 1. The first-order valence-electron chi connectivity index (χ1n) is 5.63. The molecule has 0 unspecified atom stereocenters. The van der Waals surface area contributed by atoms with Gasteiger partial charge in [-0.3, -0.25) is 0 Å². The highest BCUT2D eigenvalue weighted by atomic mass is 19.1. The third-order valence-electron chi connectivity index (χ3n) is 2.51. The summed E-state index contributed by atoms with van der Waals surface area (Å²) >= 11 is 0. The number of rotatable bonds is 5. The van der Waals surface area contributed by atoms with Gasteiger partial charge in [0, 0.05) is 5.56 Å². The molecule has 6 nitrogen and oxygen atoms in total. The fourth-order valence-electron chi connectivity index (χ4n) is 1.57. The lowest BCUT2D eigenvalue weighted by atomic mass is 10.2. The van der Waals surface area contributed by atoms with Crippen LogP contribution in [-0.2, 0) is 13.6 Å². The van der Waals surface area contributed by atoms with Crippen molar-refractivity contribution in [3.8, 4) is 0 Å². The van der Waals surface area contributed by atoms with Gasteiger partial charge in [0.1, 0.15) is 18.9 Å². The van der Waals surface area contributed by atoms with Crippen LogP contribution in [0.2, 0.25) is 0 Å². The van der Waals surface area contributed by atoms with Gasteiger partial charge in [0.05, 0.1) is 7.05 Å². The van der Waals surface area contributed by atoms with Crippen LogP contribution in [0.4, 0.5) is 4.39 Å². The molecule has 0 saturated carbocycles. The van der Waals surface area contributed by atoms with Crippen LogP contribution >= 0.6 is 0 Å². The lowest BCUT2D eigenvalue weighted by Crippen LogP contribution is -2.83. The lowest BCUT2D eigenvalue weighted by molar-refractivity contribution is -0.677. The summed E-state index contributed by atoms with van der Waals surface area (Å²) < 4.78 is 12.7. The summed E-state index contributed by atoms with van der Waals surface area (Å²) in [5, 5.41) is 23.0. The van der Waals surface area contributed by atoms with Gasteiger partial charge >= 0.3 is 0 Å². The predicted octanol–water partition coefficient (Wildman–Crippen LogP) is -0.854. The number of aliphatic hydroxyl groups is 1. The van der Waals surface area contributed by atoms with Crippen LogP contribution in [0, 0.1) is 5.82 Å². The van der Waals surface area contributed by atoms with Crippen molar-refractivity contribution in [2.24, 2.45) is 7.05 Å². The van der Waals surface area contributed by atoms with Crippen molar-refractivity contribution >= 4 is 0 Å². The lowest BCUT2D eigenvalue weighted by Gasteiger charge is -2.05. The second-order valence-electron chi connectivity index (χ2n) is 4.01. The van der Waals surface area contributed by atoms with E-state index in [4.69, 9.17) is 0 Å². The van der Waals surface area contributed by atoms with E-state index in [1.165, 1.54) is 16.9 Å². The molecule has 0 aliphatic heterocycles. The minimum atomic E-state index is -0.751. The van der Waals surface area contributed by atoms with Gasteiger partial charge in [-0.15, -0.1) is 10.2 Å². The van der Waals surface area contributed by atoms with E-state index in [9.17, 15) is 9.50 Å². The van der Waals surface area contributed by atoms with E-state index in [-0.39, 0.29) is 5.82 Å². The smallest absolute Gasteiger partial charge is 0.208 e. The van der Waals surface area contributed by atoms with Gasteiger partial charge in [0.15, 0.2) is 6.10 Å². The molecule has 0 amide bonds. The van der Waals surface area contributed by atoms with Crippen molar-refractivity contribution in [3.05, 3.63) is 41.5 Å². The number of aromatic nitrogens is 4. The largest absolute Gasteiger partial charge is 0.379 e. The van der Waals surface area contributed by atoms with Crippen molar-refractivity contribution < 1.29 is 14.8 Å².